The van der Waals surface area contributed by atoms with Crippen LogP contribution in [0, 0.1) is 28.6 Å². The molecule has 0 saturated heterocycles. The normalized spacial score (nSPS) is 11.7. The van der Waals surface area contributed by atoms with Crippen LogP contribution < -0.4 is 0 Å². The molecule has 0 spiro atoms. The van der Waals surface area contributed by atoms with Crippen LogP contribution in [-0.4, -0.2) is 13.2 Å². The van der Waals surface area contributed by atoms with E-state index in [1.54, 1.807) is 12.1 Å². The van der Waals surface area contributed by atoms with Crippen LogP contribution in [0.2, 0.25) is 16.6 Å². The number of rotatable bonds is 3. The first-order valence-corrected chi connectivity index (χ1v) is 11.3. The molecule has 0 amide bonds. The van der Waals surface area contributed by atoms with E-state index in [4.69, 9.17) is 5.26 Å². The van der Waals surface area contributed by atoms with Crippen molar-refractivity contribution in [3.63, 3.8) is 0 Å². The molecular formula is C22H26FNOSi. The van der Waals surface area contributed by atoms with Crippen LogP contribution in [0.1, 0.15) is 52.7 Å². The van der Waals surface area contributed by atoms with Crippen molar-refractivity contribution in [2.45, 2.75) is 58.2 Å². The molecule has 136 valence electrons. The number of phenolic OH excluding ortho intramolecular Hbond substituents is 1. The second-order valence-electron chi connectivity index (χ2n) is 7.77. The fraction of sp³-hybridized carbons (Fsp3) is 0.409. The first-order valence-electron chi connectivity index (χ1n) is 9.03. The summed E-state index contributed by atoms with van der Waals surface area (Å²) in [5, 5.41) is 20.5. The molecule has 0 aliphatic rings. The smallest absolute Gasteiger partial charge is 0.146 e. The summed E-state index contributed by atoms with van der Waals surface area (Å²) in [5.41, 5.74) is 5.39. The fourth-order valence-electron chi connectivity index (χ4n) is 4.21. The van der Waals surface area contributed by atoms with Crippen molar-refractivity contribution >= 4 is 18.8 Å². The maximum Gasteiger partial charge on any atom is 0.146 e. The summed E-state index contributed by atoms with van der Waals surface area (Å²) in [6, 6.07) is 7.96. The van der Waals surface area contributed by atoms with E-state index in [1.807, 2.05) is 6.07 Å². The number of nitrogens with zero attached hydrogens (tertiary/aromatic N) is 1. The van der Waals surface area contributed by atoms with Gasteiger partial charge in [-0.3, -0.25) is 0 Å². The molecular weight excluding hydrogens is 341 g/mol. The van der Waals surface area contributed by atoms with Crippen molar-refractivity contribution in [1.29, 1.82) is 5.26 Å². The number of fused-ring (bicyclic) bond motifs is 1. The zero-order chi connectivity index (χ0) is 19.6. The Hall–Kier alpha value is -2.30. The van der Waals surface area contributed by atoms with E-state index in [1.165, 1.54) is 12.1 Å². The molecule has 0 aliphatic carbocycles. The van der Waals surface area contributed by atoms with Gasteiger partial charge < -0.3 is 5.11 Å². The summed E-state index contributed by atoms with van der Waals surface area (Å²) >= 11 is 0. The van der Waals surface area contributed by atoms with Crippen molar-refractivity contribution in [3.8, 4) is 23.3 Å². The molecule has 0 atom stereocenters. The molecule has 0 heterocycles. The third-order valence-electron chi connectivity index (χ3n) is 5.45. The maximum atomic E-state index is 14.6. The molecule has 0 aromatic heterocycles. The molecule has 2 aromatic rings. The predicted octanol–water partition coefficient (Wildman–Crippen LogP) is 6.13. The van der Waals surface area contributed by atoms with Crippen LogP contribution in [0.3, 0.4) is 0 Å². The molecule has 2 nitrogen and oxygen atoms in total. The minimum atomic E-state index is -2.02. The van der Waals surface area contributed by atoms with Gasteiger partial charge in [0.05, 0.1) is 17.2 Å². The van der Waals surface area contributed by atoms with Gasteiger partial charge in [0.25, 0.3) is 0 Å². The van der Waals surface area contributed by atoms with E-state index in [2.05, 4.69) is 53.0 Å². The average Bonchev–Trinajstić information content (AvgIpc) is 2.55. The van der Waals surface area contributed by atoms with Crippen molar-refractivity contribution < 1.29 is 9.50 Å². The van der Waals surface area contributed by atoms with Gasteiger partial charge in [0.15, 0.2) is 0 Å². The molecule has 0 fully saturated rings. The van der Waals surface area contributed by atoms with Crippen LogP contribution >= 0.6 is 0 Å². The highest BCUT2D eigenvalue weighted by molar-refractivity contribution is 6.90. The first-order chi connectivity index (χ1) is 12.1. The Balaban J connectivity index is 2.79. The van der Waals surface area contributed by atoms with E-state index in [0.717, 1.165) is 0 Å². The summed E-state index contributed by atoms with van der Waals surface area (Å²) in [7, 11) is -2.02. The third kappa shape index (κ3) is 3.35. The van der Waals surface area contributed by atoms with E-state index < -0.39 is 13.9 Å². The van der Waals surface area contributed by atoms with Gasteiger partial charge in [-0.2, -0.15) is 5.26 Å². The Kier molecular flexibility index (Phi) is 5.79. The highest BCUT2D eigenvalue weighted by Crippen LogP contribution is 2.41. The van der Waals surface area contributed by atoms with Gasteiger partial charge in [-0.15, -0.1) is 5.54 Å². The van der Waals surface area contributed by atoms with Gasteiger partial charge in [-0.25, -0.2) is 4.39 Å². The summed E-state index contributed by atoms with van der Waals surface area (Å²) < 4.78 is 14.6. The Morgan fingerprint density at radius 1 is 1.00 bits per heavy atom. The van der Waals surface area contributed by atoms with Crippen LogP contribution in [0.5, 0.6) is 5.75 Å². The molecule has 0 unspecified atom stereocenters. The summed E-state index contributed by atoms with van der Waals surface area (Å²) in [6.45, 7) is 13.2. The number of hydrogen-bond acceptors (Lipinski definition) is 2. The van der Waals surface area contributed by atoms with Gasteiger partial charge >= 0.3 is 0 Å². The monoisotopic (exact) mass is 367 g/mol. The Morgan fingerprint density at radius 3 is 2.08 bits per heavy atom. The minimum Gasteiger partial charge on any atom is -0.507 e. The molecule has 0 aliphatic heterocycles. The molecule has 1 N–H and O–H groups in total. The first kappa shape index (κ1) is 20.0. The van der Waals surface area contributed by atoms with Gasteiger partial charge in [0.1, 0.15) is 19.6 Å². The molecule has 4 heteroatoms. The lowest BCUT2D eigenvalue weighted by Gasteiger charge is -2.38. The van der Waals surface area contributed by atoms with E-state index in [0.29, 0.717) is 33.0 Å². The maximum absolute atomic E-state index is 14.6. The second kappa shape index (κ2) is 7.52. The van der Waals surface area contributed by atoms with Gasteiger partial charge in [0.2, 0.25) is 0 Å². The number of hydrogen-bond donors (Lipinski definition) is 1. The van der Waals surface area contributed by atoms with Crippen LogP contribution in [0.25, 0.3) is 10.8 Å². The zero-order valence-corrected chi connectivity index (χ0v) is 17.3. The average molecular weight is 368 g/mol. The van der Waals surface area contributed by atoms with E-state index in [9.17, 15) is 9.50 Å². The van der Waals surface area contributed by atoms with Crippen molar-refractivity contribution in [2.75, 3.05) is 0 Å². The molecule has 0 radical (unpaired) electrons. The SMILES string of the molecule is CC(C)[Si](C#Cc1c(F)ccc2cc(C#N)cc(O)c12)(C(C)C)C(C)C. The Morgan fingerprint density at radius 2 is 1.58 bits per heavy atom. The molecule has 2 rings (SSSR count). The highest BCUT2D eigenvalue weighted by atomic mass is 28.3. The lowest BCUT2D eigenvalue weighted by atomic mass is 10.0. The zero-order valence-electron chi connectivity index (χ0n) is 16.3. The molecule has 2 aromatic carbocycles. The number of benzene rings is 2. The number of halogens is 1. The highest BCUT2D eigenvalue weighted by Gasteiger charge is 2.41. The fourth-order valence-corrected chi connectivity index (χ4v) is 9.42. The number of aromatic hydroxyl groups is 1. The van der Waals surface area contributed by atoms with Gasteiger partial charge in [0, 0.05) is 5.39 Å². The molecule has 26 heavy (non-hydrogen) atoms. The Labute approximate surface area is 156 Å². The standard InChI is InChI=1S/C22H26FNOSi/c1-14(2)26(15(3)4,16(5)6)10-9-19-20(23)8-7-18-11-17(13-24)12-21(25)22(18)19/h7-8,11-12,14-16,25H,1-6H3. The summed E-state index contributed by atoms with van der Waals surface area (Å²) in [4.78, 5) is 0. The van der Waals surface area contributed by atoms with Gasteiger partial charge in [-0.05, 0) is 40.2 Å². The summed E-state index contributed by atoms with van der Waals surface area (Å²) in [5.74, 6) is 2.57. The van der Waals surface area contributed by atoms with Crippen LogP contribution in [-0.2, 0) is 0 Å². The minimum absolute atomic E-state index is 0.103. The van der Waals surface area contributed by atoms with E-state index >= 15 is 0 Å². The lowest BCUT2D eigenvalue weighted by molar-refractivity contribution is 0.481. The quantitative estimate of drug-likeness (QED) is 0.524. The van der Waals surface area contributed by atoms with Crippen molar-refractivity contribution in [1.82, 2.24) is 0 Å². The lowest BCUT2D eigenvalue weighted by Crippen LogP contribution is -2.43. The van der Waals surface area contributed by atoms with Crippen LogP contribution in [0.4, 0.5) is 4.39 Å². The second-order valence-corrected chi connectivity index (χ2v) is 13.4. The topological polar surface area (TPSA) is 44.0 Å². The van der Waals surface area contributed by atoms with E-state index in [-0.39, 0.29) is 11.3 Å². The number of nitriles is 1. The molecule has 0 saturated carbocycles. The molecule has 0 bridgehead atoms. The third-order valence-corrected chi connectivity index (χ3v) is 11.7. The van der Waals surface area contributed by atoms with Crippen molar-refractivity contribution in [2.24, 2.45) is 0 Å². The van der Waals surface area contributed by atoms with Crippen molar-refractivity contribution in [3.05, 3.63) is 41.2 Å². The summed E-state index contributed by atoms with van der Waals surface area (Å²) in [6.07, 6.45) is 0. The van der Waals surface area contributed by atoms with Gasteiger partial charge in [-0.1, -0.05) is 53.5 Å². The largest absolute Gasteiger partial charge is 0.507 e. The van der Waals surface area contributed by atoms with Crippen LogP contribution in [0.15, 0.2) is 24.3 Å². The predicted molar refractivity (Wildman–Crippen MR) is 108 cm³/mol. The Bertz CT molecular complexity index is 907. The number of phenols is 1.